The van der Waals surface area contributed by atoms with E-state index < -0.39 is 16.6 Å². The molecule has 0 bridgehead atoms. The highest BCUT2D eigenvalue weighted by Gasteiger charge is 2.64. The van der Waals surface area contributed by atoms with Crippen molar-refractivity contribution in [1.29, 1.82) is 0 Å². The molecule has 0 aromatic rings. The molecule has 4 aliphatic rings. The minimum Gasteiger partial charge on any atom is -0.415 e. The molecule has 4 rings (SSSR count). The second-order valence-corrected chi connectivity index (χ2v) is 23.3. The van der Waals surface area contributed by atoms with Gasteiger partial charge in [0.25, 0.3) is 0 Å². The summed E-state index contributed by atoms with van der Waals surface area (Å²) in [5, 5.41) is 0. The lowest BCUT2D eigenvalue weighted by molar-refractivity contribution is -0.143. The minimum atomic E-state index is -1.66. The first-order valence-electron chi connectivity index (χ1n) is 13.5. The van der Waals surface area contributed by atoms with Gasteiger partial charge in [0.05, 0.1) is 0 Å². The summed E-state index contributed by atoms with van der Waals surface area (Å²) in [7, 11) is -3.14. The molecular weight excluding hydrogens is 428 g/mol. The van der Waals surface area contributed by atoms with Crippen LogP contribution in [0.15, 0.2) is 0 Å². The van der Waals surface area contributed by atoms with Crippen molar-refractivity contribution in [1.82, 2.24) is 0 Å². The summed E-state index contributed by atoms with van der Waals surface area (Å²) in [5.74, 6) is 3.50. The van der Waals surface area contributed by atoms with E-state index >= 15 is 0 Å². The molecule has 0 spiro atoms. The van der Waals surface area contributed by atoms with Crippen LogP contribution in [0.4, 0.5) is 0 Å². The van der Waals surface area contributed by atoms with Crippen LogP contribution in [0.2, 0.25) is 39.3 Å². The highest BCUT2D eigenvalue weighted by atomic mass is 28.4. The van der Waals surface area contributed by atoms with Crippen LogP contribution in [0.25, 0.3) is 0 Å². The van der Waals surface area contributed by atoms with Gasteiger partial charge in [0.1, 0.15) is 5.78 Å². The molecule has 0 aromatic carbocycles. The number of carbonyl (C=O) groups excluding carboxylic acids is 1. The summed E-state index contributed by atoms with van der Waals surface area (Å²) < 4.78 is 13.5. The Hall–Kier alpha value is 0.0238. The van der Waals surface area contributed by atoms with E-state index in [2.05, 4.69) is 53.1 Å². The Morgan fingerprint density at radius 2 is 1.44 bits per heavy atom. The van der Waals surface area contributed by atoms with Crippen LogP contribution in [0, 0.1) is 40.4 Å². The normalized spacial score (nSPS) is 46.8. The van der Waals surface area contributed by atoms with E-state index in [9.17, 15) is 4.79 Å². The number of fused-ring (bicyclic) bond motifs is 5. The average Bonchev–Trinajstić information content (AvgIpc) is 2.92. The zero-order chi connectivity index (χ0) is 23.7. The fraction of sp³-hybridized carbons (Fsp3) is 0.963. The van der Waals surface area contributed by atoms with Crippen LogP contribution in [-0.4, -0.2) is 34.6 Å². The molecule has 4 saturated carbocycles. The second-order valence-electron chi connectivity index (χ2n) is 14.4. The molecule has 0 aromatic heterocycles. The highest BCUT2D eigenvalue weighted by molar-refractivity contribution is 6.70. The predicted molar refractivity (Wildman–Crippen MR) is 138 cm³/mol. The minimum absolute atomic E-state index is 0.138. The molecule has 0 aliphatic heterocycles. The molecule has 0 saturated heterocycles. The largest absolute Gasteiger partial charge is 0.415 e. The number of carbonyl (C=O) groups is 1. The summed E-state index contributed by atoms with van der Waals surface area (Å²) in [4.78, 5) is 12.8. The topological polar surface area (TPSA) is 35.5 Å². The van der Waals surface area contributed by atoms with E-state index in [0.29, 0.717) is 29.3 Å². The first-order valence-corrected chi connectivity index (χ1v) is 20.3. The van der Waals surface area contributed by atoms with Gasteiger partial charge in [0, 0.05) is 18.1 Å². The van der Waals surface area contributed by atoms with E-state index in [1.165, 1.54) is 44.9 Å². The lowest BCUT2D eigenvalue weighted by Crippen LogP contribution is -2.56. The molecule has 0 radical (unpaired) electrons. The molecule has 0 heterocycles. The Bertz CT molecular complexity index is 725. The van der Waals surface area contributed by atoms with Gasteiger partial charge in [-0.3, -0.25) is 4.79 Å². The lowest BCUT2D eigenvalue weighted by Gasteiger charge is -2.61. The van der Waals surface area contributed by atoms with E-state index in [1.54, 1.807) is 0 Å². The SMILES string of the molecule is CC(=O)[C@H]1CC(O[Si](C)(C)C)C2C3CC[C@H]4C[C@@H](O[Si](C)(C)C)CC[C@]4(C)C3CC[C@@]21C. The van der Waals surface area contributed by atoms with Crippen molar-refractivity contribution in [2.45, 2.75) is 124 Å². The molecular formula is C27H50O3Si2. The molecule has 4 fully saturated rings. The number of hydrogen-bond acceptors (Lipinski definition) is 3. The highest BCUT2D eigenvalue weighted by Crippen LogP contribution is 2.68. The Kier molecular flexibility index (Phi) is 6.52. The monoisotopic (exact) mass is 478 g/mol. The van der Waals surface area contributed by atoms with Gasteiger partial charge in [-0.1, -0.05) is 13.8 Å². The van der Waals surface area contributed by atoms with Crippen LogP contribution < -0.4 is 0 Å². The standard InChI is InChI=1S/C27H50O3Si2/c1-18(28)23-17-24(30-32(7,8)9)25-21-11-10-19-16-20(29-31(4,5)6)12-14-26(19,2)22(21)13-15-27(23,25)3/h19-25H,10-17H2,1-9H3/t19-,20-,21?,22?,23+,24?,25?,26-,27+/m0/s1. The van der Waals surface area contributed by atoms with Crippen LogP contribution in [0.3, 0.4) is 0 Å². The predicted octanol–water partition coefficient (Wildman–Crippen LogP) is 7.28. The van der Waals surface area contributed by atoms with Gasteiger partial charge >= 0.3 is 0 Å². The van der Waals surface area contributed by atoms with Gasteiger partial charge in [0.2, 0.25) is 0 Å². The maximum Gasteiger partial charge on any atom is 0.184 e. The number of ketones is 1. The third-order valence-corrected chi connectivity index (χ3v) is 12.1. The number of hydrogen-bond donors (Lipinski definition) is 0. The van der Waals surface area contributed by atoms with Crippen molar-refractivity contribution in [3.63, 3.8) is 0 Å². The Morgan fingerprint density at radius 1 is 0.812 bits per heavy atom. The van der Waals surface area contributed by atoms with E-state index in [1.807, 2.05) is 6.92 Å². The molecule has 5 heteroatoms. The molecule has 9 atom stereocenters. The van der Waals surface area contributed by atoms with Crippen molar-refractivity contribution in [2.24, 2.45) is 40.4 Å². The number of rotatable bonds is 5. The third-order valence-electron chi connectivity index (χ3n) is 10.1. The first-order chi connectivity index (χ1) is 14.6. The molecule has 3 nitrogen and oxygen atoms in total. The quantitative estimate of drug-likeness (QED) is 0.389. The van der Waals surface area contributed by atoms with Gasteiger partial charge in [-0.25, -0.2) is 0 Å². The summed E-state index contributed by atoms with van der Waals surface area (Å²) >= 11 is 0. The summed E-state index contributed by atoms with van der Waals surface area (Å²) in [6.07, 6.45) is 10.8. The Morgan fingerprint density at radius 3 is 2.03 bits per heavy atom. The molecule has 0 N–H and O–H groups in total. The summed E-state index contributed by atoms with van der Waals surface area (Å²) in [5.41, 5.74) is 0.584. The maximum absolute atomic E-state index is 12.8. The fourth-order valence-electron chi connectivity index (χ4n) is 9.06. The van der Waals surface area contributed by atoms with Crippen molar-refractivity contribution in [3.05, 3.63) is 0 Å². The zero-order valence-electron chi connectivity index (χ0n) is 22.4. The van der Waals surface area contributed by atoms with Gasteiger partial charge in [-0.05, 0) is 132 Å². The van der Waals surface area contributed by atoms with Crippen LogP contribution in [0.5, 0.6) is 0 Å². The molecule has 0 amide bonds. The van der Waals surface area contributed by atoms with Crippen LogP contribution in [-0.2, 0) is 13.6 Å². The molecule has 184 valence electrons. The fourth-order valence-corrected chi connectivity index (χ4v) is 11.4. The van der Waals surface area contributed by atoms with E-state index in [0.717, 1.165) is 24.2 Å². The average molecular weight is 479 g/mol. The molecule has 32 heavy (non-hydrogen) atoms. The maximum atomic E-state index is 12.8. The second kappa shape index (κ2) is 8.31. The van der Waals surface area contributed by atoms with E-state index in [4.69, 9.17) is 8.85 Å². The molecule has 4 aliphatic carbocycles. The Labute approximate surface area is 200 Å². The Balaban J connectivity index is 1.59. The third kappa shape index (κ3) is 4.49. The van der Waals surface area contributed by atoms with Crippen LogP contribution in [0.1, 0.15) is 72.1 Å². The van der Waals surface area contributed by atoms with Crippen molar-refractivity contribution >= 4 is 22.4 Å². The van der Waals surface area contributed by atoms with Crippen molar-refractivity contribution < 1.29 is 13.6 Å². The first kappa shape index (κ1) is 25.1. The van der Waals surface area contributed by atoms with Gasteiger partial charge in [-0.2, -0.15) is 0 Å². The summed E-state index contributed by atoms with van der Waals surface area (Å²) in [6.45, 7) is 20.9. The van der Waals surface area contributed by atoms with Crippen molar-refractivity contribution in [3.8, 4) is 0 Å². The number of Topliss-reactive ketones (excluding diaryl/α,β-unsaturated/α-hetero) is 1. The smallest absolute Gasteiger partial charge is 0.184 e. The van der Waals surface area contributed by atoms with Crippen LogP contribution >= 0.6 is 0 Å². The van der Waals surface area contributed by atoms with E-state index in [-0.39, 0.29) is 11.3 Å². The van der Waals surface area contributed by atoms with Gasteiger partial charge in [0.15, 0.2) is 16.6 Å². The lowest BCUT2D eigenvalue weighted by atomic mass is 9.44. The van der Waals surface area contributed by atoms with Crippen molar-refractivity contribution in [2.75, 3.05) is 0 Å². The molecule has 4 unspecified atom stereocenters. The van der Waals surface area contributed by atoms with Gasteiger partial charge in [-0.15, -0.1) is 0 Å². The summed E-state index contributed by atoms with van der Waals surface area (Å²) in [6, 6.07) is 0. The zero-order valence-corrected chi connectivity index (χ0v) is 24.4. The van der Waals surface area contributed by atoms with Gasteiger partial charge < -0.3 is 8.85 Å².